The van der Waals surface area contributed by atoms with Crippen LogP contribution in [-0.4, -0.2) is 41.8 Å². The number of aromatic amines is 1. The van der Waals surface area contributed by atoms with Crippen LogP contribution in [0, 0.1) is 11.8 Å². The van der Waals surface area contributed by atoms with Gasteiger partial charge in [0.05, 0.1) is 5.92 Å². The van der Waals surface area contributed by atoms with E-state index < -0.39 is 5.41 Å². The van der Waals surface area contributed by atoms with Crippen LogP contribution in [0.15, 0.2) is 52.5 Å². The summed E-state index contributed by atoms with van der Waals surface area (Å²) >= 11 is 0. The number of nitrogens with zero attached hydrogens (tertiary/aromatic N) is 6. The zero-order valence-corrected chi connectivity index (χ0v) is 20.4. The molecule has 3 atom stereocenters. The van der Waals surface area contributed by atoms with Gasteiger partial charge in [-0.25, -0.2) is 4.79 Å². The Bertz CT molecular complexity index is 1330. The number of ketones is 1. The van der Waals surface area contributed by atoms with E-state index in [1.807, 2.05) is 43.0 Å². The van der Waals surface area contributed by atoms with Crippen LogP contribution in [0.1, 0.15) is 57.3 Å². The normalized spacial score (nSPS) is 23.4. The lowest BCUT2D eigenvalue weighted by Crippen LogP contribution is -2.37. The number of benzene rings is 1. The van der Waals surface area contributed by atoms with Gasteiger partial charge in [-0.05, 0) is 42.0 Å². The molecular formula is C26H31N7O2. The average Bonchev–Trinajstić information content (AvgIpc) is 3.18. The Morgan fingerprint density at radius 3 is 2.77 bits per heavy atom. The van der Waals surface area contributed by atoms with Crippen LogP contribution in [0.4, 0.5) is 0 Å². The molecule has 3 unspecified atom stereocenters. The number of aromatic nitrogens is 6. The molecule has 182 valence electrons. The van der Waals surface area contributed by atoms with Gasteiger partial charge in [0.15, 0.2) is 5.78 Å². The van der Waals surface area contributed by atoms with Gasteiger partial charge in [0, 0.05) is 41.8 Å². The molecule has 2 aliphatic rings. The monoisotopic (exact) mass is 473 g/mol. The number of rotatable bonds is 9. The van der Waals surface area contributed by atoms with Gasteiger partial charge >= 0.3 is 5.69 Å². The van der Waals surface area contributed by atoms with Gasteiger partial charge < -0.3 is 0 Å². The first-order chi connectivity index (χ1) is 16.9. The number of allylic oxidation sites excluding steroid dienone is 1. The molecular weight excluding hydrogens is 442 g/mol. The van der Waals surface area contributed by atoms with Crippen LogP contribution in [0.5, 0.6) is 0 Å². The van der Waals surface area contributed by atoms with Crippen molar-refractivity contribution in [2.24, 2.45) is 16.8 Å². The topological polar surface area (TPSA) is 111 Å². The largest absolute Gasteiger partial charge is 0.329 e. The number of Topliss-reactive ketones (excluding diaryl/α,β-unsaturated/α-hetero) is 1. The van der Waals surface area contributed by atoms with Crippen molar-refractivity contribution in [1.82, 2.24) is 29.8 Å². The Morgan fingerprint density at radius 2 is 2.11 bits per heavy atom. The van der Waals surface area contributed by atoms with Crippen molar-refractivity contribution in [3.63, 3.8) is 0 Å². The fourth-order valence-corrected chi connectivity index (χ4v) is 5.21. The maximum atomic E-state index is 13.7. The van der Waals surface area contributed by atoms with E-state index >= 15 is 0 Å². The van der Waals surface area contributed by atoms with Crippen molar-refractivity contribution in [2.45, 2.75) is 64.5 Å². The molecule has 0 spiro atoms. The fourth-order valence-electron chi connectivity index (χ4n) is 5.21. The predicted molar refractivity (Wildman–Crippen MR) is 133 cm³/mol. The van der Waals surface area contributed by atoms with Crippen molar-refractivity contribution in [1.29, 1.82) is 0 Å². The fraction of sp³-hybridized carbons (Fsp3) is 0.462. The molecule has 9 nitrogen and oxygen atoms in total. The molecule has 0 saturated heterocycles. The van der Waals surface area contributed by atoms with E-state index in [4.69, 9.17) is 0 Å². The van der Waals surface area contributed by atoms with E-state index in [1.54, 1.807) is 10.8 Å². The zero-order chi connectivity index (χ0) is 24.6. The zero-order valence-electron chi connectivity index (χ0n) is 20.4. The average molecular weight is 474 g/mol. The summed E-state index contributed by atoms with van der Waals surface area (Å²) in [5.74, 6) is 0.825. The molecule has 1 aliphatic heterocycles. The van der Waals surface area contributed by atoms with Crippen LogP contribution >= 0.6 is 0 Å². The molecule has 0 radical (unpaired) electrons. The summed E-state index contributed by atoms with van der Waals surface area (Å²) in [6.07, 6.45) is 11.2. The number of aryl methyl sites for hydroxylation is 1. The molecule has 3 aromatic rings. The van der Waals surface area contributed by atoms with Crippen molar-refractivity contribution in [2.75, 3.05) is 0 Å². The highest BCUT2D eigenvalue weighted by molar-refractivity contribution is 6.01. The second kappa shape index (κ2) is 9.20. The van der Waals surface area contributed by atoms with E-state index in [9.17, 15) is 9.59 Å². The Labute approximate surface area is 204 Å². The Balaban J connectivity index is 1.56. The van der Waals surface area contributed by atoms with Gasteiger partial charge in [-0.2, -0.15) is 5.21 Å². The van der Waals surface area contributed by atoms with Crippen molar-refractivity contribution in [3.05, 3.63) is 64.5 Å². The summed E-state index contributed by atoms with van der Waals surface area (Å²) in [6, 6.07) is 7.71. The first-order valence-corrected chi connectivity index (χ1v) is 12.3. The molecule has 35 heavy (non-hydrogen) atoms. The Kier molecular flexibility index (Phi) is 6.08. The molecule has 1 aromatic carbocycles. The van der Waals surface area contributed by atoms with Crippen LogP contribution in [-0.2, 0) is 23.2 Å². The third-order valence-electron chi connectivity index (χ3n) is 7.26. The molecule has 9 heteroatoms. The van der Waals surface area contributed by atoms with E-state index in [0.717, 1.165) is 36.1 Å². The summed E-state index contributed by atoms with van der Waals surface area (Å²) in [5, 5.41) is 14.4. The molecule has 0 bridgehead atoms. The predicted octanol–water partition coefficient (Wildman–Crippen LogP) is 3.49. The summed E-state index contributed by atoms with van der Waals surface area (Å²) in [6.45, 7) is 6.69. The minimum absolute atomic E-state index is 0.0788. The highest BCUT2D eigenvalue weighted by Crippen LogP contribution is 2.43. The van der Waals surface area contributed by atoms with Crippen LogP contribution in [0.2, 0.25) is 0 Å². The van der Waals surface area contributed by atoms with Crippen LogP contribution in [0.25, 0.3) is 11.4 Å². The first kappa shape index (κ1) is 23.1. The molecule has 1 fully saturated rings. The molecule has 2 aromatic heterocycles. The number of hydrogen-bond donors (Lipinski definition) is 1. The highest BCUT2D eigenvalue weighted by Gasteiger charge is 2.53. The third kappa shape index (κ3) is 4.19. The maximum Gasteiger partial charge on any atom is 0.329 e. The van der Waals surface area contributed by atoms with Crippen LogP contribution < -0.4 is 5.69 Å². The lowest BCUT2D eigenvalue weighted by Gasteiger charge is -2.32. The van der Waals surface area contributed by atoms with Crippen LogP contribution in [0.3, 0.4) is 0 Å². The Morgan fingerprint density at radius 1 is 1.26 bits per heavy atom. The maximum absolute atomic E-state index is 13.7. The minimum atomic E-state index is -0.469. The second-order valence-corrected chi connectivity index (χ2v) is 9.94. The van der Waals surface area contributed by atoms with Gasteiger partial charge in [0.2, 0.25) is 5.82 Å². The van der Waals surface area contributed by atoms with E-state index in [-0.39, 0.29) is 29.4 Å². The number of nitrogens with one attached hydrogen (secondary N) is 1. The molecule has 1 N–H and O–H groups in total. The summed E-state index contributed by atoms with van der Waals surface area (Å²) < 4.78 is 3.56. The van der Waals surface area contributed by atoms with E-state index in [0.29, 0.717) is 18.8 Å². The molecule has 0 amide bonds. The first-order valence-electron chi connectivity index (χ1n) is 12.3. The quantitative estimate of drug-likeness (QED) is 0.511. The van der Waals surface area contributed by atoms with Gasteiger partial charge in [-0.15, -0.1) is 10.2 Å². The number of tetrazole rings is 1. The number of imidazole rings is 1. The van der Waals surface area contributed by atoms with Gasteiger partial charge in [-0.3, -0.25) is 18.9 Å². The summed E-state index contributed by atoms with van der Waals surface area (Å²) in [5.41, 5.74) is 2.30. The van der Waals surface area contributed by atoms with E-state index in [2.05, 4.69) is 50.7 Å². The van der Waals surface area contributed by atoms with E-state index in [1.165, 1.54) is 0 Å². The lowest BCUT2D eigenvalue weighted by atomic mass is 9.76. The smallest absolute Gasteiger partial charge is 0.297 e. The van der Waals surface area contributed by atoms with Crippen molar-refractivity contribution in [3.8, 4) is 11.4 Å². The molecule has 3 heterocycles. The number of carbonyl (C=O) groups excluding carboxylic acids is 1. The number of aliphatic imine (C=N–C) groups is 1. The number of hydrogen-bond acceptors (Lipinski definition) is 6. The Hall–Kier alpha value is -3.62. The number of unbranched alkanes of at least 4 members (excludes halogenated alkanes) is 1. The number of H-pyrrole nitrogens is 1. The minimum Gasteiger partial charge on any atom is -0.297 e. The lowest BCUT2D eigenvalue weighted by molar-refractivity contribution is -0.112. The third-order valence-corrected chi connectivity index (χ3v) is 7.26. The van der Waals surface area contributed by atoms with Crippen molar-refractivity contribution >= 4 is 12.0 Å². The molecule has 1 aliphatic carbocycles. The molecule has 1 saturated carbocycles. The standard InChI is InChI=1S/C26H31N7O2/c1-4-5-9-20-15-32(22-21(17(2)3)23(22)34)25(35)33(20)16-26(10-12-27-13-11-26)19-8-6-7-18(14-19)24-28-30-31-29-24/h6-8,10,12-15,17,21-22H,4-5,9,11,16H2,1-3H3,(H,28,29,30,31). The number of carbonyl (C=O) groups is 1. The molecule has 5 rings (SSSR count). The van der Waals surface area contributed by atoms with Gasteiger partial charge in [-0.1, -0.05) is 51.5 Å². The second-order valence-electron chi connectivity index (χ2n) is 9.94. The highest BCUT2D eigenvalue weighted by atomic mass is 16.2. The van der Waals surface area contributed by atoms with Gasteiger partial charge in [0.1, 0.15) is 6.04 Å². The van der Waals surface area contributed by atoms with Crippen molar-refractivity contribution < 1.29 is 4.79 Å². The summed E-state index contributed by atoms with van der Waals surface area (Å²) in [7, 11) is 0. The summed E-state index contributed by atoms with van der Waals surface area (Å²) in [4.78, 5) is 30.6. The van der Waals surface area contributed by atoms with Gasteiger partial charge in [0.25, 0.3) is 0 Å². The SMILES string of the molecule is CCCCc1cn(C2C(=O)C2C(C)C)c(=O)n1CC1(c2cccc(-c3nn[nH]n3)c2)C=CN=CC1.